The number of halogens is 3. The van der Waals surface area contributed by atoms with Crippen LogP contribution in [0.25, 0.3) is 0 Å². The molecule has 0 aliphatic carbocycles. The van der Waals surface area contributed by atoms with E-state index in [2.05, 4.69) is 9.97 Å². The average Bonchev–Trinajstić information content (AvgIpc) is 2.32. The molecule has 0 atom stereocenters. The lowest BCUT2D eigenvalue weighted by atomic mass is 10.5. The first-order valence-corrected chi connectivity index (χ1v) is 3.89. The van der Waals surface area contributed by atoms with Crippen molar-refractivity contribution in [3.63, 3.8) is 0 Å². The van der Waals surface area contributed by atoms with E-state index in [1.54, 1.807) is 0 Å². The third kappa shape index (κ3) is 2.24. The van der Waals surface area contributed by atoms with Gasteiger partial charge in [0.1, 0.15) is 0 Å². The summed E-state index contributed by atoms with van der Waals surface area (Å²) in [6.45, 7) is -0.145. The van der Waals surface area contributed by atoms with Gasteiger partial charge in [-0.2, -0.15) is 0 Å². The molecule has 0 radical (unpaired) electrons. The summed E-state index contributed by atoms with van der Waals surface area (Å²) in [5, 5.41) is 8.62. The highest BCUT2D eigenvalue weighted by Gasteiger charge is 2.26. The predicted octanol–water partition coefficient (Wildman–Crippen LogP) is 1.73. The van der Waals surface area contributed by atoms with Crippen molar-refractivity contribution < 1.29 is 5.11 Å². The molecule has 1 rings (SSSR count). The molecule has 62 valence electrons. The summed E-state index contributed by atoms with van der Waals surface area (Å²) in [4.78, 5) is 6.39. The minimum atomic E-state index is -1.55. The van der Waals surface area contributed by atoms with Crippen molar-refractivity contribution in [1.82, 2.24) is 9.97 Å². The molecular formula is C5H5Cl3N2O. The number of aromatic nitrogens is 2. The van der Waals surface area contributed by atoms with Crippen LogP contribution in [0.15, 0.2) is 6.20 Å². The molecule has 0 spiro atoms. The van der Waals surface area contributed by atoms with E-state index in [0.29, 0.717) is 5.69 Å². The van der Waals surface area contributed by atoms with Gasteiger partial charge in [-0.3, -0.25) is 0 Å². The van der Waals surface area contributed by atoms with Crippen LogP contribution in [0, 0.1) is 0 Å². The smallest absolute Gasteiger partial charge is 0.248 e. The summed E-state index contributed by atoms with van der Waals surface area (Å²) in [6, 6.07) is 0. The normalized spacial score (nSPS) is 12.0. The van der Waals surface area contributed by atoms with Gasteiger partial charge in [0, 0.05) is 0 Å². The number of imidazole rings is 1. The maximum atomic E-state index is 8.62. The molecule has 0 aromatic carbocycles. The van der Waals surface area contributed by atoms with E-state index in [0.717, 1.165) is 0 Å². The third-order valence-corrected chi connectivity index (χ3v) is 1.60. The Morgan fingerprint density at radius 3 is 2.45 bits per heavy atom. The lowest BCUT2D eigenvalue weighted by Gasteiger charge is -2.04. The molecule has 1 heterocycles. The standard InChI is InChI=1S/C5H5Cl3N2O/c6-5(7,8)4-9-1-3(2-11)10-4/h1,11H,2H2,(H,9,10). The summed E-state index contributed by atoms with van der Waals surface area (Å²) in [6.07, 6.45) is 1.41. The summed E-state index contributed by atoms with van der Waals surface area (Å²) in [5.74, 6) is 0.214. The Bertz CT molecular complexity index is 242. The highest BCUT2D eigenvalue weighted by molar-refractivity contribution is 6.66. The largest absolute Gasteiger partial charge is 0.390 e. The fourth-order valence-electron chi connectivity index (χ4n) is 0.584. The molecule has 3 nitrogen and oxygen atoms in total. The molecule has 0 fully saturated rings. The van der Waals surface area contributed by atoms with Crippen LogP contribution in [0.5, 0.6) is 0 Å². The van der Waals surface area contributed by atoms with E-state index < -0.39 is 3.79 Å². The zero-order valence-corrected chi connectivity index (χ0v) is 7.58. The molecule has 0 unspecified atom stereocenters. The average molecular weight is 215 g/mol. The number of aromatic amines is 1. The lowest BCUT2D eigenvalue weighted by molar-refractivity contribution is 0.277. The van der Waals surface area contributed by atoms with Crippen molar-refractivity contribution >= 4 is 34.8 Å². The first-order valence-electron chi connectivity index (χ1n) is 2.76. The molecule has 1 aromatic rings. The Labute approximate surface area is 78.3 Å². The van der Waals surface area contributed by atoms with Gasteiger partial charge in [0.05, 0.1) is 18.5 Å². The van der Waals surface area contributed by atoms with Crippen molar-refractivity contribution in [3.05, 3.63) is 17.7 Å². The number of rotatable bonds is 1. The Hall–Kier alpha value is 0.0400. The number of nitrogens with zero attached hydrogens (tertiary/aromatic N) is 1. The van der Waals surface area contributed by atoms with Gasteiger partial charge in [-0.05, 0) is 0 Å². The first-order chi connectivity index (χ1) is 5.04. The van der Waals surface area contributed by atoms with E-state index in [1.807, 2.05) is 0 Å². The van der Waals surface area contributed by atoms with Crippen molar-refractivity contribution in [2.75, 3.05) is 0 Å². The highest BCUT2D eigenvalue weighted by Crippen LogP contribution is 2.35. The van der Waals surface area contributed by atoms with Crippen LogP contribution in [0.1, 0.15) is 11.5 Å². The van der Waals surface area contributed by atoms with E-state index in [1.165, 1.54) is 6.20 Å². The van der Waals surface area contributed by atoms with Gasteiger partial charge in [-0.15, -0.1) is 0 Å². The molecule has 0 saturated carbocycles. The van der Waals surface area contributed by atoms with Crippen LogP contribution < -0.4 is 0 Å². The topological polar surface area (TPSA) is 48.9 Å². The monoisotopic (exact) mass is 214 g/mol. The van der Waals surface area contributed by atoms with Crippen LogP contribution in [-0.2, 0) is 10.4 Å². The quantitative estimate of drug-likeness (QED) is 0.701. The molecule has 0 amide bonds. The SMILES string of the molecule is OCc1cnc(C(Cl)(Cl)Cl)[nH]1. The fraction of sp³-hybridized carbons (Fsp3) is 0.400. The van der Waals surface area contributed by atoms with Gasteiger partial charge in [0.15, 0.2) is 5.82 Å². The van der Waals surface area contributed by atoms with E-state index in [-0.39, 0.29) is 12.4 Å². The van der Waals surface area contributed by atoms with E-state index in [9.17, 15) is 0 Å². The van der Waals surface area contributed by atoms with Crippen LogP contribution in [0.3, 0.4) is 0 Å². The first kappa shape index (κ1) is 9.13. The van der Waals surface area contributed by atoms with Crippen LogP contribution in [-0.4, -0.2) is 15.1 Å². The molecule has 2 N–H and O–H groups in total. The van der Waals surface area contributed by atoms with Crippen molar-refractivity contribution in [2.24, 2.45) is 0 Å². The van der Waals surface area contributed by atoms with Crippen LogP contribution >= 0.6 is 34.8 Å². The van der Waals surface area contributed by atoms with Crippen LogP contribution in [0.2, 0.25) is 0 Å². The number of hydrogen-bond acceptors (Lipinski definition) is 2. The number of nitrogens with one attached hydrogen (secondary N) is 1. The Balaban J connectivity index is 2.89. The number of hydrogen-bond donors (Lipinski definition) is 2. The summed E-state index contributed by atoms with van der Waals surface area (Å²) >= 11 is 16.5. The van der Waals surface area contributed by atoms with Crippen molar-refractivity contribution in [3.8, 4) is 0 Å². The Morgan fingerprint density at radius 1 is 1.55 bits per heavy atom. The Kier molecular flexibility index (Phi) is 2.65. The molecule has 0 aliphatic rings. The number of alkyl halides is 3. The molecular weight excluding hydrogens is 210 g/mol. The maximum absolute atomic E-state index is 8.62. The van der Waals surface area contributed by atoms with Gasteiger partial charge < -0.3 is 10.1 Å². The molecule has 11 heavy (non-hydrogen) atoms. The summed E-state index contributed by atoms with van der Waals surface area (Å²) in [5.41, 5.74) is 0.520. The fourth-order valence-corrected chi connectivity index (χ4v) is 0.872. The second-order valence-electron chi connectivity index (χ2n) is 1.91. The zero-order chi connectivity index (χ0) is 8.48. The lowest BCUT2D eigenvalue weighted by Crippen LogP contribution is -2.02. The molecule has 6 heteroatoms. The molecule has 0 aliphatic heterocycles. The van der Waals surface area contributed by atoms with Gasteiger partial charge in [0.2, 0.25) is 3.79 Å². The molecule has 0 bridgehead atoms. The summed E-state index contributed by atoms with van der Waals surface area (Å²) < 4.78 is -1.55. The number of H-pyrrole nitrogens is 1. The van der Waals surface area contributed by atoms with Gasteiger partial charge in [-0.1, -0.05) is 34.8 Å². The van der Waals surface area contributed by atoms with Gasteiger partial charge >= 0.3 is 0 Å². The Morgan fingerprint density at radius 2 is 2.18 bits per heavy atom. The molecule has 0 saturated heterocycles. The maximum Gasteiger partial charge on any atom is 0.248 e. The van der Waals surface area contributed by atoms with Crippen molar-refractivity contribution in [1.29, 1.82) is 0 Å². The third-order valence-electron chi connectivity index (χ3n) is 1.07. The minimum absolute atomic E-state index is 0.145. The molecule has 1 aromatic heterocycles. The predicted molar refractivity (Wildman–Crippen MR) is 43.7 cm³/mol. The second kappa shape index (κ2) is 3.19. The number of aliphatic hydroxyl groups excluding tert-OH is 1. The number of aliphatic hydroxyl groups is 1. The van der Waals surface area contributed by atoms with E-state index in [4.69, 9.17) is 39.9 Å². The minimum Gasteiger partial charge on any atom is -0.390 e. The second-order valence-corrected chi connectivity index (χ2v) is 4.19. The van der Waals surface area contributed by atoms with Gasteiger partial charge in [0.25, 0.3) is 0 Å². The zero-order valence-electron chi connectivity index (χ0n) is 5.31. The highest BCUT2D eigenvalue weighted by atomic mass is 35.6. The van der Waals surface area contributed by atoms with Gasteiger partial charge in [-0.25, -0.2) is 4.98 Å². The van der Waals surface area contributed by atoms with E-state index >= 15 is 0 Å². The van der Waals surface area contributed by atoms with Crippen molar-refractivity contribution in [2.45, 2.75) is 10.4 Å². The summed E-state index contributed by atoms with van der Waals surface area (Å²) in [7, 11) is 0. The van der Waals surface area contributed by atoms with Crippen LogP contribution in [0.4, 0.5) is 0 Å².